The first-order valence-electron chi connectivity index (χ1n) is 5.90. The van der Waals surface area contributed by atoms with Crippen LogP contribution in [0.1, 0.15) is 31.0 Å². The first-order chi connectivity index (χ1) is 9.09. The van der Waals surface area contributed by atoms with Crippen LogP contribution in [0.4, 0.5) is 22.4 Å². The Kier molecular flexibility index (Phi) is 4.77. The van der Waals surface area contributed by atoms with Crippen LogP contribution in [0.5, 0.6) is 0 Å². The molecule has 1 heterocycles. The van der Waals surface area contributed by atoms with E-state index in [0.717, 1.165) is 12.1 Å². The van der Waals surface area contributed by atoms with E-state index in [1.807, 2.05) is 0 Å². The normalized spacial score (nSPS) is 21.0. The van der Waals surface area contributed by atoms with Gasteiger partial charge < -0.3 is 10.1 Å². The largest absolute Gasteiger partial charge is 0.449 e. The smallest absolute Gasteiger partial charge is 0.416 e. The number of nitrogens with one attached hydrogen (secondary N) is 1. The quantitative estimate of drug-likeness (QED) is 0.789. The van der Waals surface area contributed by atoms with Gasteiger partial charge >= 0.3 is 12.3 Å². The summed E-state index contributed by atoms with van der Waals surface area (Å²) in [6.45, 7) is 3.48. The summed E-state index contributed by atoms with van der Waals surface area (Å²) < 4.78 is 56.3. The van der Waals surface area contributed by atoms with Crippen molar-refractivity contribution in [2.24, 2.45) is 5.41 Å². The lowest BCUT2D eigenvalue weighted by molar-refractivity contribution is -0.137. The van der Waals surface area contributed by atoms with Crippen molar-refractivity contribution in [3.8, 4) is 0 Å². The standard InChI is InChI=1S/C13H13F4NO2.ClH/c1-12(2)6-20-11(19)18-10(12)7-3-8(13(15,16)17)5-9(14)4-7;/h3-5,10H,6H2,1-2H3,(H,18,19);1H/t10-;/m1./s1. The summed E-state index contributed by atoms with van der Waals surface area (Å²) in [5.41, 5.74) is -1.66. The molecule has 1 aromatic carbocycles. The molecule has 1 fully saturated rings. The van der Waals surface area contributed by atoms with Crippen molar-refractivity contribution in [2.45, 2.75) is 26.1 Å². The van der Waals surface area contributed by atoms with Gasteiger partial charge in [0.05, 0.1) is 11.6 Å². The zero-order valence-electron chi connectivity index (χ0n) is 11.3. The van der Waals surface area contributed by atoms with Crippen LogP contribution in [-0.4, -0.2) is 12.7 Å². The third-order valence-corrected chi connectivity index (χ3v) is 3.20. The average molecular weight is 328 g/mol. The van der Waals surface area contributed by atoms with E-state index in [2.05, 4.69) is 5.32 Å². The molecule has 0 saturated carbocycles. The number of halogens is 5. The molecule has 0 aromatic heterocycles. The Morgan fingerprint density at radius 3 is 2.48 bits per heavy atom. The van der Waals surface area contributed by atoms with Gasteiger partial charge in [0.1, 0.15) is 12.4 Å². The number of carbonyl (C=O) groups is 1. The third-order valence-electron chi connectivity index (χ3n) is 3.20. The first kappa shape index (κ1) is 17.6. The van der Waals surface area contributed by atoms with Crippen molar-refractivity contribution >= 4 is 18.5 Å². The number of alkyl carbamates (subject to hydrolysis) is 1. The summed E-state index contributed by atoms with van der Waals surface area (Å²) in [6, 6.07) is 1.52. The highest BCUT2D eigenvalue weighted by molar-refractivity contribution is 5.85. The van der Waals surface area contributed by atoms with Crippen molar-refractivity contribution in [3.63, 3.8) is 0 Å². The zero-order chi connectivity index (χ0) is 15.1. The Hall–Kier alpha value is -1.50. The van der Waals surface area contributed by atoms with Crippen molar-refractivity contribution in [1.29, 1.82) is 0 Å². The Morgan fingerprint density at radius 2 is 1.90 bits per heavy atom. The van der Waals surface area contributed by atoms with E-state index in [1.54, 1.807) is 13.8 Å². The highest BCUT2D eigenvalue weighted by atomic mass is 35.5. The molecule has 118 valence electrons. The monoisotopic (exact) mass is 327 g/mol. The maximum atomic E-state index is 13.4. The van der Waals surface area contributed by atoms with Crippen molar-refractivity contribution in [1.82, 2.24) is 5.32 Å². The zero-order valence-corrected chi connectivity index (χ0v) is 12.1. The van der Waals surface area contributed by atoms with Gasteiger partial charge in [-0.3, -0.25) is 0 Å². The van der Waals surface area contributed by atoms with Crippen molar-refractivity contribution in [3.05, 3.63) is 35.1 Å². The molecule has 1 amide bonds. The van der Waals surface area contributed by atoms with Crippen molar-refractivity contribution < 1.29 is 27.1 Å². The van der Waals surface area contributed by atoms with Gasteiger partial charge in [0.15, 0.2) is 0 Å². The molecule has 1 atom stereocenters. The average Bonchev–Trinajstić information content (AvgIpc) is 2.30. The van der Waals surface area contributed by atoms with E-state index < -0.39 is 35.1 Å². The molecule has 2 rings (SSSR count). The molecule has 0 radical (unpaired) electrons. The van der Waals surface area contributed by atoms with E-state index in [0.29, 0.717) is 6.07 Å². The van der Waals surface area contributed by atoms with Gasteiger partial charge in [-0.25, -0.2) is 9.18 Å². The molecule has 3 nitrogen and oxygen atoms in total. The number of amides is 1. The third kappa shape index (κ3) is 3.78. The van der Waals surface area contributed by atoms with Crippen LogP contribution in [0.2, 0.25) is 0 Å². The Bertz CT molecular complexity index is 545. The number of cyclic esters (lactones) is 1. The van der Waals surface area contributed by atoms with E-state index in [-0.39, 0.29) is 24.6 Å². The number of hydrogen-bond acceptors (Lipinski definition) is 2. The Labute approximate surface area is 125 Å². The summed E-state index contributed by atoms with van der Waals surface area (Å²) in [7, 11) is 0. The van der Waals surface area contributed by atoms with Crippen LogP contribution < -0.4 is 5.32 Å². The SMILES string of the molecule is CC1(C)COC(=O)N[C@@H]1c1cc(F)cc(C(F)(F)F)c1.Cl. The minimum atomic E-state index is -4.64. The van der Waals surface area contributed by atoms with Crippen LogP contribution in [0.25, 0.3) is 0 Å². The molecule has 1 aliphatic heterocycles. The molecule has 1 N–H and O–H groups in total. The van der Waals surface area contributed by atoms with Gasteiger partial charge in [0, 0.05) is 5.41 Å². The fourth-order valence-corrected chi connectivity index (χ4v) is 2.17. The van der Waals surface area contributed by atoms with Crippen LogP contribution in [0.3, 0.4) is 0 Å². The maximum Gasteiger partial charge on any atom is 0.416 e. The highest BCUT2D eigenvalue weighted by Crippen LogP contribution is 2.39. The predicted octanol–water partition coefficient (Wildman–Crippen LogP) is 4.07. The lowest BCUT2D eigenvalue weighted by Gasteiger charge is -2.38. The number of alkyl halides is 3. The Balaban J connectivity index is 0.00000220. The minimum Gasteiger partial charge on any atom is -0.449 e. The molecular formula is C13H14ClF4NO2. The second kappa shape index (κ2) is 5.71. The van der Waals surface area contributed by atoms with Crippen LogP contribution >= 0.6 is 12.4 Å². The van der Waals surface area contributed by atoms with E-state index in [4.69, 9.17) is 4.74 Å². The van der Waals surface area contributed by atoms with Gasteiger partial charge in [-0.1, -0.05) is 13.8 Å². The highest BCUT2D eigenvalue weighted by Gasteiger charge is 2.39. The minimum absolute atomic E-state index is 0. The predicted molar refractivity (Wildman–Crippen MR) is 69.7 cm³/mol. The van der Waals surface area contributed by atoms with Crippen LogP contribution in [0, 0.1) is 11.2 Å². The second-order valence-corrected chi connectivity index (χ2v) is 5.41. The van der Waals surface area contributed by atoms with Gasteiger partial charge in [0.2, 0.25) is 0 Å². The summed E-state index contributed by atoms with van der Waals surface area (Å²) in [4.78, 5) is 11.3. The van der Waals surface area contributed by atoms with Gasteiger partial charge in [0.25, 0.3) is 0 Å². The summed E-state index contributed by atoms with van der Waals surface area (Å²) in [5, 5.41) is 2.43. The Morgan fingerprint density at radius 1 is 1.29 bits per heavy atom. The number of benzene rings is 1. The fraction of sp³-hybridized carbons (Fsp3) is 0.462. The van der Waals surface area contributed by atoms with E-state index in [9.17, 15) is 22.4 Å². The molecule has 1 saturated heterocycles. The van der Waals surface area contributed by atoms with E-state index in [1.165, 1.54) is 0 Å². The number of ether oxygens (including phenoxy) is 1. The number of hydrogen-bond donors (Lipinski definition) is 1. The molecule has 1 aliphatic rings. The summed E-state index contributed by atoms with van der Waals surface area (Å²) >= 11 is 0. The molecule has 0 bridgehead atoms. The van der Waals surface area contributed by atoms with Crippen molar-refractivity contribution in [2.75, 3.05) is 6.61 Å². The molecule has 8 heteroatoms. The lowest BCUT2D eigenvalue weighted by atomic mass is 9.80. The van der Waals surface area contributed by atoms with Gasteiger partial charge in [-0.2, -0.15) is 13.2 Å². The molecule has 0 spiro atoms. The second-order valence-electron chi connectivity index (χ2n) is 5.41. The maximum absolute atomic E-state index is 13.4. The van der Waals surface area contributed by atoms with Gasteiger partial charge in [-0.05, 0) is 23.8 Å². The fourth-order valence-electron chi connectivity index (χ4n) is 2.17. The summed E-state index contributed by atoms with van der Waals surface area (Å²) in [6.07, 6.45) is -5.37. The molecule has 21 heavy (non-hydrogen) atoms. The molecule has 1 aromatic rings. The van der Waals surface area contributed by atoms with Crippen LogP contribution in [0.15, 0.2) is 18.2 Å². The van der Waals surface area contributed by atoms with Gasteiger partial charge in [-0.15, -0.1) is 12.4 Å². The molecule has 0 aliphatic carbocycles. The van der Waals surface area contributed by atoms with Crippen LogP contribution in [-0.2, 0) is 10.9 Å². The molecular weight excluding hydrogens is 314 g/mol. The summed E-state index contributed by atoms with van der Waals surface area (Å²) in [5.74, 6) is -0.994. The number of rotatable bonds is 1. The lowest BCUT2D eigenvalue weighted by Crippen LogP contribution is -2.47. The van der Waals surface area contributed by atoms with E-state index >= 15 is 0 Å². The number of carbonyl (C=O) groups excluding carboxylic acids is 1. The topological polar surface area (TPSA) is 38.3 Å². The molecule has 0 unspecified atom stereocenters. The first-order valence-corrected chi connectivity index (χ1v) is 5.90.